The standard InChI is InChI=1S/C26H25ClN6O5S.C26H24ClN5O5S/c1-14-17(24(36)37)7-19(32(23(14)35)12-20(34)15-9-28-13-29-10-15)18-8-22(30-11-16-5-6-21(27)39-16)33(31-18)25(38)26(2,3)4;1-26(2,3)25(37)32-22(29-13-17-4-5-21(27)38-17)12-18(30-32)19-10-16(24(35)36)11-23(34)31(19)14-20(33)15-6-8-28-9-7-15/h5-10,13,30H,11-12H2,1-4H3,(H,36,37);4-12,29H,13-14H2,1-3H3,(H,35,36). The van der Waals surface area contributed by atoms with Crippen molar-refractivity contribution in [2.24, 2.45) is 10.8 Å². The molecule has 0 radical (unpaired) electrons. The van der Waals surface area contributed by atoms with Crippen LogP contribution in [0.3, 0.4) is 0 Å². The Kier molecular flexibility index (Phi) is 17.1. The minimum atomic E-state index is -1.31. The van der Waals surface area contributed by atoms with Crippen LogP contribution in [-0.4, -0.2) is 89.2 Å². The third-order valence-corrected chi connectivity index (χ3v) is 13.9. The number of hydrogen-bond acceptors (Lipinski definition) is 17. The molecule has 8 aromatic heterocycles. The number of carboxylic acid groups (broad SMARTS) is 2. The molecular formula is C52H49Cl2N11O10S2. The highest BCUT2D eigenvalue weighted by molar-refractivity contribution is 7.16. The lowest BCUT2D eigenvalue weighted by Crippen LogP contribution is -2.30. The highest BCUT2D eigenvalue weighted by Gasteiger charge is 2.30. The van der Waals surface area contributed by atoms with E-state index in [-0.39, 0.29) is 69.2 Å². The summed E-state index contributed by atoms with van der Waals surface area (Å²) in [5, 5.41) is 34.6. The highest BCUT2D eigenvalue weighted by Crippen LogP contribution is 2.31. The Morgan fingerprint density at radius 1 is 0.597 bits per heavy atom. The molecule has 0 amide bonds. The molecule has 0 aliphatic carbocycles. The highest BCUT2D eigenvalue weighted by atomic mass is 35.5. The number of Topliss-reactive ketones (excluding diaryl/α,β-unsaturated/α-hetero) is 2. The number of rotatable bonds is 16. The van der Waals surface area contributed by atoms with Crippen LogP contribution in [0, 0.1) is 17.8 Å². The maximum atomic E-state index is 13.3. The van der Waals surface area contributed by atoms with Gasteiger partial charge in [-0.3, -0.25) is 42.9 Å². The van der Waals surface area contributed by atoms with Gasteiger partial charge in [0.15, 0.2) is 11.6 Å². The summed E-state index contributed by atoms with van der Waals surface area (Å²) in [4.78, 5) is 116. The molecule has 0 bridgehead atoms. The number of nitrogens with zero attached hydrogens (tertiary/aromatic N) is 9. The third-order valence-electron chi connectivity index (χ3n) is 11.4. The lowest BCUT2D eigenvalue weighted by Gasteiger charge is -2.18. The van der Waals surface area contributed by atoms with E-state index in [2.05, 4.69) is 35.8 Å². The zero-order chi connectivity index (χ0) is 56.1. The van der Waals surface area contributed by atoms with Gasteiger partial charge in [0.25, 0.3) is 22.9 Å². The first-order chi connectivity index (χ1) is 36.3. The van der Waals surface area contributed by atoms with E-state index >= 15 is 0 Å². The van der Waals surface area contributed by atoms with E-state index in [0.29, 0.717) is 39.0 Å². The second-order valence-corrected chi connectivity index (χ2v) is 22.8. The van der Waals surface area contributed by atoms with Gasteiger partial charge in [0, 0.05) is 74.7 Å². The Hall–Kier alpha value is -8.25. The SMILES string of the molecule is CC(C)(C)C(=O)n1nc(-c2cc(C(=O)O)cc(=O)n2CC(=O)c2ccncc2)cc1NCc1ccc(Cl)s1.Cc1c(C(=O)O)cc(-c2cc(NCc3ccc(Cl)s3)n(C(=O)C(C)(C)C)n2)n(CC(=O)c2cncnc2)c1=O. The summed E-state index contributed by atoms with van der Waals surface area (Å²) in [6, 6.07) is 16.9. The van der Waals surface area contributed by atoms with Crippen molar-refractivity contribution in [1.29, 1.82) is 0 Å². The molecule has 0 atom stereocenters. The lowest BCUT2D eigenvalue weighted by atomic mass is 9.96. The van der Waals surface area contributed by atoms with Gasteiger partial charge in [0.2, 0.25) is 0 Å². The predicted molar refractivity (Wildman–Crippen MR) is 291 cm³/mol. The Morgan fingerprint density at radius 2 is 1.08 bits per heavy atom. The number of carbonyl (C=O) groups excluding carboxylic acids is 4. The van der Waals surface area contributed by atoms with Crippen LogP contribution in [0.5, 0.6) is 0 Å². The number of halogens is 2. The van der Waals surface area contributed by atoms with Crippen molar-refractivity contribution in [2.75, 3.05) is 10.6 Å². The molecule has 0 unspecified atom stereocenters. The van der Waals surface area contributed by atoms with Gasteiger partial charge in [-0.15, -0.1) is 22.7 Å². The topological polar surface area (TPSA) is 285 Å². The number of carbonyl (C=O) groups is 6. The fourth-order valence-electron chi connectivity index (χ4n) is 7.35. The Balaban J connectivity index is 0.000000224. The van der Waals surface area contributed by atoms with Crippen molar-refractivity contribution in [3.63, 3.8) is 0 Å². The summed E-state index contributed by atoms with van der Waals surface area (Å²) >= 11 is 14.8. The average Bonchev–Trinajstić information content (AvgIpc) is 4.22. The largest absolute Gasteiger partial charge is 0.478 e. The van der Waals surface area contributed by atoms with Crippen molar-refractivity contribution < 1.29 is 39.0 Å². The van der Waals surface area contributed by atoms with Gasteiger partial charge in [0.1, 0.15) is 29.4 Å². The Morgan fingerprint density at radius 3 is 1.53 bits per heavy atom. The van der Waals surface area contributed by atoms with Crippen LogP contribution in [0.15, 0.2) is 107 Å². The molecule has 0 saturated carbocycles. The summed E-state index contributed by atoms with van der Waals surface area (Å²) in [5.74, 6) is -3.45. The van der Waals surface area contributed by atoms with E-state index < -0.39 is 46.2 Å². The number of hydrogen-bond donors (Lipinski definition) is 4. The van der Waals surface area contributed by atoms with Crippen LogP contribution >= 0.6 is 45.9 Å². The predicted octanol–water partition coefficient (Wildman–Crippen LogP) is 9.11. The number of anilines is 2. The van der Waals surface area contributed by atoms with Crippen LogP contribution in [0.4, 0.5) is 11.6 Å². The van der Waals surface area contributed by atoms with E-state index in [1.54, 1.807) is 65.8 Å². The van der Waals surface area contributed by atoms with Crippen LogP contribution < -0.4 is 21.8 Å². The molecule has 0 fully saturated rings. The molecule has 4 N–H and O–H groups in total. The molecule has 8 aromatic rings. The number of thiophene rings is 2. The molecule has 0 aliphatic rings. The lowest BCUT2D eigenvalue weighted by molar-refractivity contribution is 0.0685. The number of pyridine rings is 3. The quantitative estimate of drug-likeness (QED) is 0.0656. The molecule has 0 aromatic carbocycles. The Bertz CT molecular complexity index is 3700. The summed E-state index contributed by atoms with van der Waals surface area (Å²) in [5.41, 5.74) is -2.56. The molecular weight excluding hydrogens is 1070 g/mol. The normalized spacial score (nSPS) is 11.4. The third kappa shape index (κ3) is 13.4. The Labute approximate surface area is 456 Å². The van der Waals surface area contributed by atoms with Gasteiger partial charge in [-0.25, -0.2) is 19.6 Å². The van der Waals surface area contributed by atoms with Gasteiger partial charge in [-0.1, -0.05) is 64.7 Å². The molecule has 0 spiro atoms. The van der Waals surface area contributed by atoms with Crippen molar-refractivity contribution >= 4 is 92.8 Å². The zero-order valence-corrected chi connectivity index (χ0v) is 45.5. The fraction of sp³-hybridized carbons (Fsp3) is 0.250. The number of aromatic nitrogens is 9. The van der Waals surface area contributed by atoms with Gasteiger partial charge >= 0.3 is 11.9 Å². The van der Waals surface area contributed by atoms with Crippen molar-refractivity contribution in [2.45, 2.75) is 74.6 Å². The van der Waals surface area contributed by atoms with Crippen molar-refractivity contribution in [3.05, 3.63) is 165 Å². The monoisotopic (exact) mass is 1120 g/mol. The number of nitrogens with one attached hydrogen (secondary N) is 2. The van der Waals surface area contributed by atoms with Crippen molar-refractivity contribution in [1.82, 2.24) is 43.6 Å². The molecule has 25 heteroatoms. The first-order valence-corrected chi connectivity index (χ1v) is 25.6. The molecule has 0 saturated heterocycles. The summed E-state index contributed by atoms with van der Waals surface area (Å²) in [6.07, 6.45) is 6.85. The van der Waals surface area contributed by atoms with Gasteiger partial charge in [-0.05, 0) is 55.5 Å². The summed E-state index contributed by atoms with van der Waals surface area (Å²) < 4.78 is 5.91. The van der Waals surface area contributed by atoms with Gasteiger partial charge < -0.3 is 20.8 Å². The fourth-order valence-corrected chi connectivity index (χ4v) is 9.40. The molecule has 77 heavy (non-hydrogen) atoms. The molecule has 21 nitrogen and oxygen atoms in total. The van der Waals surface area contributed by atoms with Crippen LogP contribution in [0.25, 0.3) is 22.8 Å². The number of aromatic carboxylic acids is 2. The number of carboxylic acids is 2. The second kappa shape index (κ2) is 23.3. The van der Waals surface area contributed by atoms with Crippen LogP contribution in [-0.2, 0) is 26.2 Å². The number of ketones is 2. The maximum absolute atomic E-state index is 13.3. The molecule has 398 valence electrons. The minimum Gasteiger partial charge on any atom is -0.478 e. The van der Waals surface area contributed by atoms with E-state index in [9.17, 15) is 48.6 Å². The minimum absolute atomic E-state index is 0.0403. The molecule has 8 rings (SSSR count). The van der Waals surface area contributed by atoms with Gasteiger partial charge in [0.05, 0.1) is 62.9 Å². The summed E-state index contributed by atoms with van der Waals surface area (Å²) in [6.45, 7) is 11.7. The van der Waals surface area contributed by atoms with Crippen LogP contribution in [0.1, 0.15) is 108 Å². The van der Waals surface area contributed by atoms with E-state index in [1.165, 1.54) is 94.3 Å². The van der Waals surface area contributed by atoms with E-state index in [4.69, 9.17) is 23.2 Å². The summed E-state index contributed by atoms with van der Waals surface area (Å²) in [7, 11) is 0. The molecule has 0 aliphatic heterocycles. The second-order valence-electron chi connectivity index (χ2n) is 19.2. The van der Waals surface area contributed by atoms with Crippen LogP contribution in [0.2, 0.25) is 8.67 Å². The van der Waals surface area contributed by atoms with E-state index in [0.717, 1.165) is 25.0 Å². The average molecular weight is 1120 g/mol. The van der Waals surface area contributed by atoms with Gasteiger partial charge in [-0.2, -0.15) is 19.6 Å². The smallest absolute Gasteiger partial charge is 0.336 e. The first kappa shape index (κ1) is 56.5. The van der Waals surface area contributed by atoms with Crippen molar-refractivity contribution in [3.8, 4) is 22.8 Å². The first-order valence-electron chi connectivity index (χ1n) is 23.2. The molecule has 8 heterocycles. The zero-order valence-electron chi connectivity index (χ0n) is 42.3. The van der Waals surface area contributed by atoms with E-state index in [1.807, 2.05) is 12.1 Å². The maximum Gasteiger partial charge on any atom is 0.336 e.